The van der Waals surface area contributed by atoms with Gasteiger partial charge in [-0.15, -0.1) is 0 Å². The van der Waals surface area contributed by atoms with Crippen molar-refractivity contribution in [1.82, 2.24) is 0 Å². The van der Waals surface area contributed by atoms with Crippen molar-refractivity contribution in [2.75, 3.05) is 6.61 Å². The van der Waals surface area contributed by atoms with Crippen molar-refractivity contribution < 1.29 is 5.11 Å². The monoisotopic (exact) mass is 250 g/mol. The Bertz CT molecular complexity index is 608. The second-order valence-electron chi connectivity index (χ2n) is 5.25. The lowest BCUT2D eigenvalue weighted by Crippen LogP contribution is -2.06. The molecule has 2 aromatic rings. The highest BCUT2D eigenvalue weighted by atomic mass is 16.3. The van der Waals surface area contributed by atoms with Gasteiger partial charge in [-0.3, -0.25) is 0 Å². The van der Waals surface area contributed by atoms with E-state index < -0.39 is 0 Å². The highest BCUT2D eigenvalue weighted by molar-refractivity contribution is 5.67. The summed E-state index contributed by atoms with van der Waals surface area (Å²) in [5.41, 5.74) is 6.41. The number of aliphatic hydroxyl groups is 1. The van der Waals surface area contributed by atoms with Gasteiger partial charge in [-0.05, 0) is 30.0 Å². The summed E-state index contributed by atoms with van der Waals surface area (Å²) in [5, 5.41) is 9.66. The van der Waals surface area contributed by atoms with E-state index in [-0.39, 0.29) is 12.5 Å². The quantitative estimate of drug-likeness (QED) is 0.880. The molecule has 1 heteroatoms. The Morgan fingerprint density at radius 3 is 2.47 bits per heavy atom. The molecule has 0 radical (unpaired) electrons. The fraction of sp³-hybridized carbons (Fsp3) is 0.222. The van der Waals surface area contributed by atoms with Crippen molar-refractivity contribution in [1.29, 1.82) is 0 Å². The molecule has 0 heterocycles. The van der Waals surface area contributed by atoms with E-state index in [1.165, 1.54) is 27.8 Å². The fourth-order valence-corrected chi connectivity index (χ4v) is 2.79. The van der Waals surface area contributed by atoms with Crippen LogP contribution in [-0.2, 0) is 6.42 Å². The van der Waals surface area contributed by atoms with Crippen molar-refractivity contribution >= 4 is 6.08 Å². The number of rotatable bonds is 3. The fourth-order valence-electron chi connectivity index (χ4n) is 2.79. The van der Waals surface area contributed by atoms with Gasteiger partial charge in [0.05, 0.1) is 6.61 Å². The molecular weight excluding hydrogens is 232 g/mol. The molecule has 0 aromatic heterocycles. The molecule has 0 aliphatic heterocycles. The van der Waals surface area contributed by atoms with Crippen LogP contribution in [0.1, 0.15) is 28.2 Å². The van der Waals surface area contributed by atoms with Gasteiger partial charge in [0.2, 0.25) is 0 Å². The Kier molecular flexibility index (Phi) is 3.22. The first-order chi connectivity index (χ1) is 9.28. The van der Waals surface area contributed by atoms with E-state index in [4.69, 9.17) is 0 Å². The Balaban J connectivity index is 1.88. The zero-order valence-corrected chi connectivity index (χ0v) is 11.1. The molecule has 1 atom stereocenters. The maximum Gasteiger partial charge on any atom is 0.0537 e. The molecule has 96 valence electrons. The maximum absolute atomic E-state index is 9.66. The summed E-state index contributed by atoms with van der Waals surface area (Å²) in [6, 6.07) is 17.0. The first-order valence-corrected chi connectivity index (χ1v) is 6.74. The lowest BCUT2D eigenvalue weighted by molar-refractivity contribution is 0.279. The minimum atomic E-state index is 0.164. The molecule has 1 nitrogen and oxygen atoms in total. The molecule has 3 rings (SSSR count). The summed E-state index contributed by atoms with van der Waals surface area (Å²) in [6.45, 7) is 2.29. The van der Waals surface area contributed by atoms with Crippen LogP contribution >= 0.6 is 0 Å². The molecule has 0 spiro atoms. The van der Waals surface area contributed by atoms with E-state index in [2.05, 4.69) is 55.5 Å². The highest BCUT2D eigenvalue weighted by Gasteiger charge is 2.23. The Morgan fingerprint density at radius 2 is 1.74 bits per heavy atom. The van der Waals surface area contributed by atoms with Crippen LogP contribution in [0.3, 0.4) is 0 Å². The van der Waals surface area contributed by atoms with Crippen LogP contribution in [0.4, 0.5) is 0 Å². The Morgan fingerprint density at radius 1 is 1.00 bits per heavy atom. The van der Waals surface area contributed by atoms with Gasteiger partial charge in [0, 0.05) is 5.92 Å². The molecule has 0 fully saturated rings. The normalized spacial score (nSPS) is 17.2. The van der Waals surface area contributed by atoms with Gasteiger partial charge in [0.25, 0.3) is 0 Å². The van der Waals surface area contributed by atoms with Gasteiger partial charge in [0.1, 0.15) is 0 Å². The number of benzene rings is 2. The second-order valence-corrected chi connectivity index (χ2v) is 5.25. The first-order valence-electron chi connectivity index (χ1n) is 6.74. The van der Waals surface area contributed by atoms with Crippen molar-refractivity contribution in [3.8, 4) is 0 Å². The third kappa shape index (κ3) is 2.34. The zero-order chi connectivity index (χ0) is 13.2. The van der Waals surface area contributed by atoms with E-state index >= 15 is 0 Å². The number of hydrogen-bond donors (Lipinski definition) is 1. The Hall–Kier alpha value is -1.86. The van der Waals surface area contributed by atoms with Gasteiger partial charge in [-0.25, -0.2) is 0 Å². The number of aryl methyl sites for hydroxylation is 1. The van der Waals surface area contributed by atoms with E-state index in [1.807, 2.05) is 6.07 Å². The molecule has 19 heavy (non-hydrogen) atoms. The average molecular weight is 250 g/mol. The maximum atomic E-state index is 9.66. The van der Waals surface area contributed by atoms with Crippen LogP contribution in [-0.4, -0.2) is 11.7 Å². The van der Waals surface area contributed by atoms with Crippen LogP contribution in [0.25, 0.3) is 6.08 Å². The molecule has 0 saturated carbocycles. The van der Waals surface area contributed by atoms with E-state index in [9.17, 15) is 5.11 Å². The summed E-state index contributed by atoms with van der Waals surface area (Å²) < 4.78 is 0. The highest BCUT2D eigenvalue weighted by Crippen LogP contribution is 2.37. The third-order valence-corrected chi connectivity index (χ3v) is 3.87. The molecule has 0 saturated heterocycles. The smallest absolute Gasteiger partial charge is 0.0537 e. The van der Waals surface area contributed by atoms with Crippen molar-refractivity contribution in [3.63, 3.8) is 0 Å². The molecule has 2 aromatic carbocycles. The molecule has 1 N–H and O–H groups in total. The predicted octanol–water partition coefficient (Wildman–Crippen LogP) is 3.71. The first kappa shape index (κ1) is 12.2. The summed E-state index contributed by atoms with van der Waals surface area (Å²) >= 11 is 0. The van der Waals surface area contributed by atoms with Crippen LogP contribution in [0.15, 0.2) is 54.1 Å². The van der Waals surface area contributed by atoms with E-state index in [0.29, 0.717) is 0 Å². The van der Waals surface area contributed by atoms with Gasteiger partial charge >= 0.3 is 0 Å². The van der Waals surface area contributed by atoms with Crippen LogP contribution in [0.5, 0.6) is 0 Å². The predicted molar refractivity (Wildman–Crippen MR) is 79.1 cm³/mol. The molecule has 1 aliphatic rings. The lowest BCUT2D eigenvalue weighted by Gasteiger charge is -2.14. The average Bonchev–Trinajstić information content (AvgIpc) is 2.78. The minimum absolute atomic E-state index is 0.164. The van der Waals surface area contributed by atoms with Gasteiger partial charge in [-0.2, -0.15) is 0 Å². The summed E-state index contributed by atoms with van der Waals surface area (Å²) in [4.78, 5) is 0. The van der Waals surface area contributed by atoms with Gasteiger partial charge in [-0.1, -0.05) is 65.7 Å². The van der Waals surface area contributed by atoms with E-state index in [1.54, 1.807) is 0 Å². The van der Waals surface area contributed by atoms with Crippen LogP contribution < -0.4 is 0 Å². The molecule has 0 amide bonds. The zero-order valence-electron chi connectivity index (χ0n) is 11.1. The SMILES string of the molecule is Cc1ccc(CC2=Cc3ccccc3C2CO)cc1. The van der Waals surface area contributed by atoms with Gasteiger partial charge in [0.15, 0.2) is 0 Å². The number of fused-ring (bicyclic) bond motifs is 1. The molecule has 0 bridgehead atoms. The molecular formula is C18H18O. The summed E-state index contributed by atoms with van der Waals surface area (Å²) in [6.07, 6.45) is 3.15. The topological polar surface area (TPSA) is 20.2 Å². The third-order valence-electron chi connectivity index (χ3n) is 3.87. The van der Waals surface area contributed by atoms with Gasteiger partial charge < -0.3 is 5.11 Å². The van der Waals surface area contributed by atoms with Crippen molar-refractivity contribution in [2.45, 2.75) is 19.3 Å². The Labute approximate surface area is 114 Å². The standard InChI is InChI=1S/C18H18O/c1-13-6-8-14(9-7-13)10-16-11-15-4-2-3-5-17(15)18(16)12-19/h2-9,11,18-19H,10,12H2,1H3. The second kappa shape index (κ2) is 5.02. The van der Waals surface area contributed by atoms with Crippen molar-refractivity contribution in [2.24, 2.45) is 0 Å². The molecule has 1 unspecified atom stereocenters. The number of aliphatic hydroxyl groups excluding tert-OH is 1. The van der Waals surface area contributed by atoms with Crippen molar-refractivity contribution in [3.05, 3.63) is 76.4 Å². The van der Waals surface area contributed by atoms with E-state index in [0.717, 1.165) is 6.42 Å². The van der Waals surface area contributed by atoms with Crippen LogP contribution in [0.2, 0.25) is 0 Å². The number of hydrogen-bond acceptors (Lipinski definition) is 1. The minimum Gasteiger partial charge on any atom is -0.395 e. The largest absolute Gasteiger partial charge is 0.395 e. The molecule has 1 aliphatic carbocycles. The van der Waals surface area contributed by atoms with Crippen LogP contribution in [0, 0.1) is 6.92 Å². The summed E-state index contributed by atoms with van der Waals surface area (Å²) in [7, 11) is 0. The summed E-state index contributed by atoms with van der Waals surface area (Å²) in [5.74, 6) is 0.164. The lowest BCUT2D eigenvalue weighted by atomic mass is 9.92.